The van der Waals surface area contributed by atoms with Gasteiger partial charge in [-0.2, -0.15) is 0 Å². The zero-order valence-corrected chi connectivity index (χ0v) is 16.2. The van der Waals surface area contributed by atoms with E-state index >= 15 is 0 Å². The highest BCUT2D eigenvalue weighted by atomic mass is 32.2. The Hall–Kier alpha value is -3.56. The standard InChI is InChI=1S/C23H16N2O3S/c26-22(18-10-2-1-3-11-18)27-15-6-7-16-29-23-25-24-21(28-23)20-14-8-12-17-9-4-5-13-19(17)20/h1-5,8-14H,15-16H2. The van der Waals surface area contributed by atoms with Crippen molar-refractivity contribution < 1.29 is 13.9 Å². The summed E-state index contributed by atoms with van der Waals surface area (Å²) in [4.78, 5) is 11.8. The van der Waals surface area contributed by atoms with Crippen LogP contribution >= 0.6 is 11.8 Å². The highest BCUT2D eigenvalue weighted by molar-refractivity contribution is 7.99. The number of carbonyl (C=O) groups is 1. The Bertz CT molecular complexity index is 1190. The van der Waals surface area contributed by atoms with Crippen LogP contribution in [0.1, 0.15) is 10.4 Å². The summed E-state index contributed by atoms with van der Waals surface area (Å²) >= 11 is 1.34. The topological polar surface area (TPSA) is 65.2 Å². The van der Waals surface area contributed by atoms with Gasteiger partial charge in [0, 0.05) is 5.56 Å². The molecule has 0 saturated carbocycles. The fourth-order valence-corrected chi connectivity index (χ4v) is 3.28. The molecule has 0 aliphatic heterocycles. The van der Waals surface area contributed by atoms with Crippen molar-refractivity contribution in [2.24, 2.45) is 0 Å². The van der Waals surface area contributed by atoms with Crippen LogP contribution in [0.5, 0.6) is 0 Å². The second-order valence-electron chi connectivity index (χ2n) is 5.98. The molecule has 0 spiro atoms. The molecular formula is C23H16N2O3S. The molecule has 3 aromatic carbocycles. The number of aromatic nitrogens is 2. The van der Waals surface area contributed by atoms with Gasteiger partial charge in [0.15, 0.2) is 6.61 Å². The fraction of sp³-hybridized carbons (Fsp3) is 0.0870. The highest BCUT2D eigenvalue weighted by Crippen LogP contribution is 2.29. The van der Waals surface area contributed by atoms with Gasteiger partial charge in [0.1, 0.15) is 0 Å². The van der Waals surface area contributed by atoms with Gasteiger partial charge in [-0.3, -0.25) is 0 Å². The van der Waals surface area contributed by atoms with Crippen LogP contribution in [0, 0.1) is 11.8 Å². The SMILES string of the molecule is O=C(OCC#CCSc1nnc(-c2cccc3ccccc23)o1)c1ccccc1. The van der Waals surface area contributed by atoms with E-state index in [0.29, 0.717) is 22.4 Å². The molecule has 6 heteroatoms. The van der Waals surface area contributed by atoms with Gasteiger partial charge in [-0.1, -0.05) is 78.2 Å². The third-order valence-electron chi connectivity index (χ3n) is 4.10. The molecule has 0 radical (unpaired) electrons. The smallest absolute Gasteiger partial charge is 0.339 e. The maximum Gasteiger partial charge on any atom is 0.339 e. The van der Waals surface area contributed by atoms with Crippen LogP contribution in [0.2, 0.25) is 0 Å². The third-order valence-corrected chi connectivity index (χ3v) is 4.80. The Morgan fingerprint density at radius 2 is 1.72 bits per heavy atom. The number of ether oxygens (including phenoxy) is 1. The molecule has 4 rings (SSSR count). The molecule has 0 N–H and O–H groups in total. The molecule has 29 heavy (non-hydrogen) atoms. The van der Waals surface area contributed by atoms with Gasteiger partial charge in [0.25, 0.3) is 5.22 Å². The number of hydrogen-bond acceptors (Lipinski definition) is 6. The normalized spacial score (nSPS) is 10.3. The molecule has 0 saturated heterocycles. The number of benzene rings is 3. The van der Waals surface area contributed by atoms with Gasteiger partial charge in [0.05, 0.1) is 11.3 Å². The first-order valence-electron chi connectivity index (χ1n) is 8.93. The van der Waals surface area contributed by atoms with E-state index in [4.69, 9.17) is 9.15 Å². The lowest BCUT2D eigenvalue weighted by atomic mass is 10.0. The molecule has 0 amide bonds. The summed E-state index contributed by atoms with van der Waals surface area (Å²) in [5.41, 5.74) is 1.41. The summed E-state index contributed by atoms with van der Waals surface area (Å²) in [6.45, 7) is 0.0410. The summed E-state index contributed by atoms with van der Waals surface area (Å²) in [5.74, 6) is 6.30. The van der Waals surface area contributed by atoms with Crippen LogP contribution in [0.4, 0.5) is 0 Å². The Balaban J connectivity index is 1.31. The van der Waals surface area contributed by atoms with E-state index in [0.717, 1.165) is 16.3 Å². The minimum atomic E-state index is -0.385. The molecule has 0 bridgehead atoms. The van der Waals surface area contributed by atoms with Gasteiger partial charge in [-0.05, 0) is 29.0 Å². The van der Waals surface area contributed by atoms with Gasteiger partial charge >= 0.3 is 5.97 Å². The van der Waals surface area contributed by atoms with Crippen LogP contribution in [0.15, 0.2) is 82.4 Å². The maximum atomic E-state index is 11.8. The number of nitrogens with zero attached hydrogens (tertiary/aromatic N) is 2. The summed E-state index contributed by atoms with van der Waals surface area (Å²) in [5, 5.41) is 10.9. The molecule has 142 valence electrons. The summed E-state index contributed by atoms with van der Waals surface area (Å²) in [6.07, 6.45) is 0. The minimum Gasteiger partial charge on any atom is -0.449 e. The van der Waals surface area contributed by atoms with Gasteiger partial charge in [-0.25, -0.2) is 4.79 Å². The van der Waals surface area contributed by atoms with Crippen molar-refractivity contribution in [1.29, 1.82) is 0 Å². The average molecular weight is 400 g/mol. The van der Waals surface area contributed by atoms with Gasteiger partial charge in [0.2, 0.25) is 5.89 Å². The fourth-order valence-electron chi connectivity index (χ4n) is 2.75. The summed E-state index contributed by atoms with van der Waals surface area (Å²) in [7, 11) is 0. The summed E-state index contributed by atoms with van der Waals surface area (Å²) < 4.78 is 10.9. The Morgan fingerprint density at radius 1 is 0.931 bits per heavy atom. The first-order valence-corrected chi connectivity index (χ1v) is 9.92. The molecule has 4 aromatic rings. The number of carbonyl (C=O) groups excluding carboxylic acids is 1. The number of hydrogen-bond donors (Lipinski definition) is 0. The zero-order chi connectivity index (χ0) is 19.9. The lowest BCUT2D eigenvalue weighted by Crippen LogP contribution is -2.04. The second kappa shape index (κ2) is 9.09. The first kappa shape index (κ1) is 18.8. The molecule has 1 aromatic heterocycles. The molecule has 0 aliphatic carbocycles. The Kier molecular flexibility index (Phi) is 5.89. The number of fused-ring (bicyclic) bond motifs is 1. The quantitative estimate of drug-likeness (QED) is 0.271. The monoisotopic (exact) mass is 400 g/mol. The van der Waals surface area contributed by atoms with Crippen LogP contribution in [-0.2, 0) is 4.74 Å². The number of esters is 1. The second-order valence-corrected chi connectivity index (χ2v) is 6.91. The number of thioether (sulfide) groups is 1. The molecule has 5 nitrogen and oxygen atoms in total. The van der Waals surface area contributed by atoms with Crippen LogP contribution < -0.4 is 0 Å². The van der Waals surface area contributed by atoms with E-state index in [9.17, 15) is 4.79 Å². The van der Waals surface area contributed by atoms with E-state index < -0.39 is 0 Å². The van der Waals surface area contributed by atoms with Crippen molar-refractivity contribution in [3.05, 3.63) is 78.4 Å². The third kappa shape index (κ3) is 4.65. The van der Waals surface area contributed by atoms with Gasteiger partial charge < -0.3 is 9.15 Å². The maximum absolute atomic E-state index is 11.8. The first-order chi connectivity index (χ1) is 14.3. The lowest BCUT2D eigenvalue weighted by Gasteiger charge is -2.01. The van der Waals surface area contributed by atoms with Crippen LogP contribution in [0.25, 0.3) is 22.2 Å². The van der Waals surface area contributed by atoms with E-state index in [-0.39, 0.29) is 12.6 Å². The predicted molar refractivity (Wildman–Crippen MR) is 112 cm³/mol. The molecular weight excluding hydrogens is 384 g/mol. The van der Waals surface area contributed by atoms with Crippen molar-refractivity contribution in [3.8, 4) is 23.3 Å². The Morgan fingerprint density at radius 3 is 2.62 bits per heavy atom. The van der Waals surface area contributed by atoms with Crippen molar-refractivity contribution in [3.63, 3.8) is 0 Å². The van der Waals surface area contributed by atoms with Crippen LogP contribution in [0.3, 0.4) is 0 Å². The van der Waals surface area contributed by atoms with Crippen LogP contribution in [-0.4, -0.2) is 28.5 Å². The molecule has 0 aliphatic rings. The molecule has 0 fully saturated rings. The van der Waals surface area contributed by atoms with E-state index in [1.807, 2.05) is 48.5 Å². The van der Waals surface area contributed by atoms with Crippen molar-refractivity contribution >= 4 is 28.5 Å². The van der Waals surface area contributed by atoms with Gasteiger partial charge in [-0.15, -0.1) is 10.2 Å². The van der Waals surface area contributed by atoms with E-state index in [1.54, 1.807) is 24.3 Å². The average Bonchev–Trinajstić information content (AvgIpc) is 3.25. The van der Waals surface area contributed by atoms with Crippen molar-refractivity contribution in [2.75, 3.05) is 12.4 Å². The van der Waals surface area contributed by atoms with Crippen molar-refractivity contribution in [2.45, 2.75) is 5.22 Å². The summed E-state index contributed by atoms with van der Waals surface area (Å²) in [6, 6.07) is 22.9. The highest BCUT2D eigenvalue weighted by Gasteiger charge is 2.11. The van der Waals surface area contributed by atoms with E-state index in [2.05, 4.69) is 22.0 Å². The zero-order valence-electron chi connectivity index (χ0n) is 15.4. The lowest BCUT2D eigenvalue weighted by molar-refractivity contribution is 0.0556. The molecule has 0 unspecified atom stereocenters. The van der Waals surface area contributed by atoms with Crippen molar-refractivity contribution in [1.82, 2.24) is 10.2 Å². The number of rotatable bonds is 5. The minimum absolute atomic E-state index is 0.0410. The van der Waals surface area contributed by atoms with E-state index in [1.165, 1.54) is 11.8 Å². The largest absolute Gasteiger partial charge is 0.449 e. The molecule has 0 atom stereocenters. The Labute approximate surface area is 172 Å². The molecule has 1 heterocycles. The predicted octanol–water partition coefficient (Wildman–Crippen LogP) is 4.84.